The zero-order valence-corrected chi connectivity index (χ0v) is 11.4. The molecule has 2 rings (SSSR count). The summed E-state index contributed by atoms with van der Waals surface area (Å²) in [5.74, 6) is 1.65. The molecule has 0 spiro atoms. The monoisotopic (exact) mass is 308 g/mol. The number of hydrogen-bond acceptors (Lipinski definition) is 5. The van der Waals surface area contributed by atoms with E-state index in [1.54, 1.807) is 6.20 Å². The largest absolute Gasteiger partial charge is 0.494 e. The summed E-state index contributed by atoms with van der Waals surface area (Å²) in [6, 6.07) is 7.63. The first-order valence-electron chi connectivity index (χ1n) is 5.47. The molecule has 0 saturated carbocycles. The molecule has 0 bridgehead atoms. The van der Waals surface area contributed by atoms with Crippen molar-refractivity contribution in [3.63, 3.8) is 0 Å². The third-order valence-corrected chi connectivity index (χ3v) is 2.75. The van der Waals surface area contributed by atoms with Crippen molar-refractivity contribution in [3.05, 3.63) is 34.9 Å². The van der Waals surface area contributed by atoms with E-state index in [9.17, 15) is 0 Å². The van der Waals surface area contributed by atoms with Crippen LogP contribution in [0.25, 0.3) is 0 Å². The van der Waals surface area contributed by atoms with Crippen LogP contribution >= 0.6 is 15.9 Å². The van der Waals surface area contributed by atoms with Gasteiger partial charge in [0.2, 0.25) is 5.95 Å². The van der Waals surface area contributed by atoms with Crippen LogP contribution in [0, 0.1) is 0 Å². The van der Waals surface area contributed by atoms with Gasteiger partial charge in [-0.1, -0.05) is 6.07 Å². The number of nitrogens with one attached hydrogen (secondary N) is 1. The standard InChI is InChI=1S/C12H13BrN4O/c1-2-18-9-5-3-4-8(6-9)16-11-10(13)7-15-12(14)17-11/h3-7H,2H2,1H3,(H3,14,15,16,17). The second kappa shape index (κ2) is 5.68. The molecule has 2 aromatic rings. The predicted octanol–water partition coefficient (Wildman–Crippen LogP) is 2.96. The van der Waals surface area contributed by atoms with Crippen molar-refractivity contribution in [1.29, 1.82) is 0 Å². The number of benzene rings is 1. The summed E-state index contributed by atoms with van der Waals surface area (Å²) in [7, 11) is 0. The van der Waals surface area contributed by atoms with E-state index in [1.165, 1.54) is 0 Å². The second-order valence-electron chi connectivity index (χ2n) is 3.51. The summed E-state index contributed by atoms with van der Waals surface area (Å²) >= 11 is 3.36. The topological polar surface area (TPSA) is 73.1 Å². The molecular weight excluding hydrogens is 296 g/mol. The SMILES string of the molecule is CCOc1cccc(Nc2nc(N)ncc2Br)c1. The lowest BCUT2D eigenvalue weighted by Crippen LogP contribution is -2.00. The van der Waals surface area contributed by atoms with Gasteiger partial charge in [-0.3, -0.25) is 0 Å². The highest BCUT2D eigenvalue weighted by atomic mass is 79.9. The van der Waals surface area contributed by atoms with Crippen molar-refractivity contribution < 1.29 is 4.74 Å². The highest BCUT2D eigenvalue weighted by Crippen LogP contribution is 2.25. The molecule has 0 atom stereocenters. The fourth-order valence-electron chi connectivity index (χ4n) is 1.44. The van der Waals surface area contributed by atoms with E-state index >= 15 is 0 Å². The van der Waals surface area contributed by atoms with E-state index in [0.717, 1.165) is 15.9 Å². The summed E-state index contributed by atoms with van der Waals surface area (Å²) in [6.45, 7) is 2.58. The number of hydrogen-bond donors (Lipinski definition) is 2. The first-order valence-corrected chi connectivity index (χ1v) is 6.26. The number of aromatic nitrogens is 2. The third kappa shape index (κ3) is 3.10. The van der Waals surface area contributed by atoms with Gasteiger partial charge in [0.05, 0.1) is 11.1 Å². The number of nitrogen functional groups attached to an aromatic ring is 1. The lowest BCUT2D eigenvalue weighted by Gasteiger charge is -2.09. The van der Waals surface area contributed by atoms with E-state index in [2.05, 4.69) is 31.2 Å². The fraction of sp³-hybridized carbons (Fsp3) is 0.167. The smallest absolute Gasteiger partial charge is 0.222 e. The van der Waals surface area contributed by atoms with Gasteiger partial charge in [-0.15, -0.1) is 0 Å². The number of nitrogens with zero attached hydrogens (tertiary/aromatic N) is 2. The molecular formula is C12H13BrN4O. The van der Waals surface area contributed by atoms with E-state index < -0.39 is 0 Å². The van der Waals surface area contributed by atoms with Crippen LogP contribution in [0.5, 0.6) is 5.75 Å². The Labute approximate surface area is 114 Å². The molecule has 5 nitrogen and oxygen atoms in total. The maximum absolute atomic E-state index is 5.55. The predicted molar refractivity (Wildman–Crippen MR) is 75.0 cm³/mol. The molecule has 94 valence electrons. The minimum absolute atomic E-state index is 0.224. The van der Waals surface area contributed by atoms with E-state index in [-0.39, 0.29) is 5.95 Å². The first kappa shape index (κ1) is 12.6. The highest BCUT2D eigenvalue weighted by molar-refractivity contribution is 9.10. The van der Waals surface area contributed by atoms with Crippen LogP contribution in [0.2, 0.25) is 0 Å². The van der Waals surface area contributed by atoms with Crippen molar-refractivity contribution in [1.82, 2.24) is 9.97 Å². The lowest BCUT2D eigenvalue weighted by atomic mass is 10.3. The number of anilines is 3. The Balaban J connectivity index is 2.22. The average Bonchev–Trinajstić information content (AvgIpc) is 2.35. The normalized spacial score (nSPS) is 10.1. The molecule has 0 saturated heterocycles. The van der Waals surface area contributed by atoms with Gasteiger partial charge in [-0.2, -0.15) is 4.98 Å². The van der Waals surface area contributed by atoms with Crippen molar-refractivity contribution in [2.45, 2.75) is 6.92 Å². The molecule has 0 aliphatic rings. The molecule has 6 heteroatoms. The van der Waals surface area contributed by atoms with Crippen LogP contribution in [-0.2, 0) is 0 Å². The summed E-state index contributed by atoms with van der Waals surface area (Å²) in [5, 5.41) is 3.15. The van der Waals surface area contributed by atoms with Gasteiger partial charge in [-0.25, -0.2) is 4.98 Å². The number of rotatable bonds is 4. The van der Waals surface area contributed by atoms with Crippen LogP contribution in [0.1, 0.15) is 6.92 Å². The number of nitrogens with two attached hydrogens (primary N) is 1. The molecule has 0 radical (unpaired) electrons. The van der Waals surface area contributed by atoms with Gasteiger partial charge in [0.25, 0.3) is 0 Å². The Morgan fingerprint density at radius 2 is 2.28 bits per heavy atom. The Morgan fingerprint density at radius 3 is 3.06 bits per heavy atom. The molecule has 0 aliphatic heterocycles. The Bertz CT molecular complexity index is 547. The summed E-state index contributed by atoms with van der Waals surface area (Å²) < 4.78 is 6.18. The lowest BCUT2D eigenvalue weighted by molar-refractivity contribution is 0.340. The zero-order chi connectivity index (χ0) is 13.0. The molecule has 0 unspecified atom stereocenters. The van der Waals surface area contributed by atoms with Crippen LogP contribution in [-0.4, -0.2) is 16.6 Å². The van der Waals surface area contributed by atoms with E-state index in [1.807, 2.05) is 31.2 Å². The van der Waals surface area contributed by atoms with Gasteiger partial charge in [0, 0.05) is 18.0 Å². The summed E-state index contributed by atoms with van der Waals surface area (Å²) in [6.07, 6.45) is 1.61. The van der Waals surface area contributed by atoms with Gasteiger partial charge in [0.15, 0.2) is 0 Å². The number of ether oxygens (including phenoxy) is 1. The molecule has 1 heterocycles. The molecule has 3 N–H and O–H groups in total. The summed E-state index contributed by atoms with van der Waals surface area (Å²) in [4.78, 5) is 7.99. The van der Waals surface area contributed by atoms with Crippen molar-refractivity contribution in [3.8, 4) is 5.75 Å². The Hall–Kier alpha value is -1.82. The van der Waals surface area contributed by atoms with Crippen LogP contribution in [0.3, 0.4) is 0 Å². The van der Waals surface area contributed by atoms with Gasteiger partial charge >= 0.3 is 0 Å². The highest BCUT2D eigenvalue weighted by Gasteiger charge is 2.04. The van der Waals surface area contributed by atoms with Gasteiger partial charge in [-0.05, 0) is 35.0 Å². The molecule has 18 heavy (non-hydrogen) atoms. The zero-order valence-electron chi connectivity index (χ0n) is 9.85. The Kier molecular flexibility index (Phi) is 3.99. The Morgan fingerprint density at radius 1 is 1.44 bits per heavy atom. The minimum atomic E-state index is 0.224. The molecule has 0 aliphatic carbocycles. The summed E-state index contributed by atoms with van der Waals surface area (Å²) in [5.41, 5.74) is 6.43. The molecule has 0 fully saturated rings. The van der Waals surface area contributed by atoms with Crippen LogP contribution in [0.4, 0.5) is 17.5 Å². The van der Waals surface area contributed by atoms with E-state index in [0.29, 0.717) is 12.4 Å². The molecule has 1 aromatic carbocycles. The third-order valence-electron chi connectivity index (χ3n) is 2.17. The van der Waals surface area contributed by atoms with Crippen molar-refractivity contribution in [2.75, 3.05) is 17.7 Å². The fourth-order valence-corrected chi connectivity index (χ4v) is 1.73. The average molecular weight is 309 g/mol. The molecule has 1 aromatic heterocycles. The second-order valence-corrected chi connectivity index (χ2v) is 4.36. The molecule has 0 amide bonds. The van der Waals surface area contributed by atoms with Gasteiger partial charge < -0.3 is 15.8 Å². The quantitative estimate of drug-likeness (QED) is 0.908. The van der Waals surface area contributed by atoms with Gasteiger partial charge in [0.1, 0.15) is 11.6 Å². The van der Waals surface area contributed by atoms with Crippen LogP contribution < -0.4 is 15.8 Å². The minimum Gasteiger partial charge on any atom is -0.494 e. The van der Waals surface area contributed by atoms with Crippen LogP contribution in [0.15, 0.2) is 34.9 Å². The first-order chi connectivity index (χ1) is 8.69. The van der Waals surface area contributed by atoms with Crippen molar-refractivity contribution in [2.24, 2.45) is 0 Å². The van der Waals surface area contributed by atoms with E-state index in [4.69, 9.17) is 10.5 Å². The maximum atomic E-state index is 5.55. The van der Waals surface area contributed by atoms with Crippen molar-refractivity contribution >= 4 is 33.4 Å². The maximum Gasteiger partial charge on any atom is 0.222 e. The number of halogens is 1.